The maximum absolute atomic E-state index is 13.2. The minimum atomic E-state index is -0.348. The summed E-state index contributed by atoms with van der Waals surface area (Å²) in [4.78, 5) is 15.2. The Kier molecular flexibility index (Phi) is 3.08. The van der Waals surface area contributed by atoms with Gasteiger partial charge in [0.05, 0.1) is 6.61 Å². The third-order valence-electron chi connectivity index (χ3n) is 3.21. The number of aromatic nitrogens is 1. The molecule has 0 unspecified atom stereocenters. The van der Waals surface area contributed by atoms with Gasteiger partial charge in [-0.05, 0) is 29.8 Å². The SMILES string of the molecule is O=c1cc(-c2cccc(F)c2)[nH]c2ccc(CO)cc12. The molecule has 0 saturated carbocycles. The average Bonchev–Trinajstić information content (AvgIpc) is 2.47. The Morgan fingerprint density at radius 3 is 2.70 bits per heavy atom. The van der Waals surface area contributed by atoms with Gasteiger partial charge in [0.2, 0.25) is 0 Å². The Morgan fingerprint density at radius 2 is 1.95 bits per heavy atom. The van der Waals surface area contributed by atoms with E-state index in [0.717, 1.165) is 0 Å². The molecule has 3 rings (SSSR count). The van der Waals surface area contributed by atoms with Crippen LogP contribution in [0.1, 0.15) is 5.56 Å². The number of fused-ring (bicyclic) bond motifs is 1. The molecule has 0 atom stereocenters. The molecule has 0 bridgehead atoms. The van der Waals surface area contributed by atoms with Crippen molar-refractivity contribution < 1.29 is 9.50 Å². The normalized spacial score (nSPS) is 10.9. The van der Waals surface area contributed by atoms with E-state index in [1.165, 1.54) is 18.2 Å². The zero-order valence-electron chi connectivity index (χ0n) is 10.6. The quantitative estimate of drug-likeness (QED) is 0.751. The smallest absolute Gasteiger partial charge is 0.190 e. The van der Waals surface area contributed by atoms with E-state index >= 15 is 0 Å². The van der Waals surface area contributed by atoms with Crippen molar-refractivity contribution >= 4 is 10.9 Å². The fourth-order valence-electron chi connectivity index (χ4n) is 2.20. The van der Waals surface area contributed by atoms with E-state index < -0.39 is 0 Å². The third kappa shape index (κ3) is 2.21. The van der Waals surface area contributed by atoms with Gasteiger partial charge in [-0.25, -0.2) is 4.39 Å². The summed E-state index contributed by atoms with van der Waals surface area (Å²) < 4.78 is 13.2. The minimum absolute atomic E-state index is 0.110. The second kappa shape index (κ2) is 4.90. The summed E-state index contributed by atoms with van der Waals surface area (Å²) in [6, 6.07) is 12.7. The van der Waals surface area contributed by atoms with Gasteiger partial charge in [-0.2, -0.15) is 0 Å². The number of hydrogen-bond acceptors (Lipinski definition) is 2. The van der Waals surface area contributed by atoms with Gasteiger partial charge in [-0.1, -0.05) is 18.2 Å². The van der Waals surface area contributed by atoms with E-state index in [-0.39, 0.29) is 17.9 Å². The first-order chi connectivity index (χ1) is 9.67. The van der Waals surface area contributed by atoms with Crippen molar-refractivity contribution in [3.8, 4) is 11.3 Å². The number of rotatable bonds is 2. The molecule has 0 aliphatic heterocycles. The molecular formula is C16H12FNO2. The second-order valence-electron chi connectivity index (χ2n) is 4.60. The molecule has 0 saturated heterocycles. The van der Waals surface area contributed by atoms with Crippen LogP contribution in [0.4, 0.5) is 4.39 Å². The van der Waals surface area contributed by atoms with E-state index in [2.05, 4.69) is 4.98 Å². The van der Waals surface area contributed by atoms with Crippen LogP contribution >= 0.6 is 0 Å². The summed E-state index contributed by atoms with van der Waals surface area (Å²) in [7, 11) is 0. The molecule has 0 radical (unpaired) electrons. The van der Waals surface area contributed by atoms with Crippen LogP contribution < -0.4 is 5.43 Å². The number of aromatic amines is 1. The lowest BCUT2D eigenvalue weighted by Gasteiger charge is -2.06. The number of halogens is 1. The number of nitrogens with one attached hydrogen (secondary N) is 1. The standard InChI is InChI=1S/C16H12FNO2/c17-12-3-1-2-11(7-12)15-8-16(20)13-6-10(9-19)4-5-14(13)18-15/h1-8,19H,9H2,(H,18,20). The molecule has 0 spiro atoms. The Balaban J connectivity index is 2.22. The Bertz CT molecular complexity index is 839. The van der Waals surface area contributed by atoms with Crippen LogP contribution in [0, 0.1) is 5.82 Å². The van der Waals surface area contributed by atoms with Crippen LogP contribution in [-0.2, 0) is 6.61 Å². The van der Waals surface area contributed by atoms with Crippen LogP contribution in [-0.4, -0.2) is 10.1 Å². The fraction of sp³-hybridized carbons (Fsp3) is 0.0625. The average molecular weight is 269 g/mol. The Labute approximate surface area is 114 Å². The highest BCUT2D eigenvalue weighted by molar-refractivity contribution is 5.82. The first-order valence-electron chi connectivity index (χ1n) is 6.20. The zero-order valence-corrected chi connectivity index (χ0v) is 10.6. The lowest BCUT2D eigenvalue weighted by atomic mass is 10.1. The Morgan fingerprint density at radius 1 is 1.10 bits per heavy atom. The van der Waals surface area contributed by atoms with Gasteiger partial charge in [0.15, 0.2) is 5.43 Å². The van der Waals surface area contributed by atoms with Crippen LogP contribution in [0.15, 0.2) is 53.3 Å². The largest absolute Gasteiger partial charge is 0.392 e. The summed E-state index contributed by atoms with van der Waals surface area (Å²) in [6.45, 7) is -0.110. The second-order valence-corrected chi connectivity index (χ2v) is 4.60. The van der Waals surface area contributed by atoms with Crippen molar-refractivity contribution in [3.05, 3.63) is 70.1 Å². The number of H-pyrrole nitrogens is 1. The molecule has 0 fully saturated rings. The van der Waals surface area contributed by atoms with Crippen LogP contribution in [0.25, 0.3) is 22.2 Å². The van der Waals surface area contributed by atoms with Crippen molar-refractivity contribution in [2.75, 3.05) is 0 Å². The highest BCUT2D eigenvalue weighted by Crippen LogP contribution is 2.19. The molecule has 20 heavy (non-hydrogen) atoms. The molecule has 3 aromatic rings. The van der Waals surface area contributed by atoms with Gasteiger partial charge >= 0.3 is 0 Å². The van der Waals surface area contributed by atoms with E-state index in [4.69, 9.17) is 5.11 Å². The summed E-state index contributed by atoms with van der Waals surface area (Å²) in [5, 5.41) is 9.61. The maximum atomic E-state index is 13.2. The highest BCUT2D eigenvalue weighted by Gasteiger charge is 2.06. The minimum Gasteiger partial charge on any atom is -0.392 e. The molecule has 1 aromatic heterocycles. The first kappa shape index (κ1) is 12.6. The van der Waals surface area contributed by atoms with Crippen molar-refractivity contribution in [2.45, 2.75) is 6.61 Å². The van der Waals surface area contributed by atoms with Crippen LogP contribution in [0.2, 0.25) is 0 Å². The van der Waals surface area contributed by atoms with Gasteiger partial charge in [0.25, 0.3) is 0 Å². The number of benzene rings is 2. The lowest BCUT2D eigenvalue weighted by Crippen LogP contribution is -2.03. The molecule has 0 amide bonds. The topological polar surface area (TPSA) is 53.1 Å². The van der Waals surface area contributed by atoms with Crippen molar-refractivity contribution in [3.63, 3.8) is 0 Å². The summed E-state index contributed by atoms with van der Waals surface area (Å²) in [5.74, 6) is -0.348. The molecule has 0 aliphatic rings. The van der Waals surface area contributed by atoms with Gasteiger partial charge in [-0.3, -0.25) is 4.79 Å². The molecule has 3 nitrogen and oxygen atoms in total. The fourth-order valence-corrected chi connectivity index (χ4v) is 2.20. The van der Waals surface area contributed by atoms with Gasteiger partial charge in [-0.15, -0.1) is 0 Å². The van der Waals surface area contributed by atoms with E-state index in [0.29, 0.717) is 27.7 Å². The number of aliphatic hydroxyl groups excluding tert-OH is 1. The predicted molar refractivity (Wildman–Crippen MR) is 75.9 cm³/mol. The molecule has 2 N–H and O–H groups in total. The lowest BCUT2D eigenvalue weighted by molar-refractivity contribution is 0.282. The monoisotopic (exact) mass is 269 g/mol. The molecular weight excluding hydrogens is 257 g/mol. The molecule has 2 aromatic carbocycles. The molecule has 0 aliphatic carbocycles. The summed E-state index contributed by atoms with van der Waals surface area (Å²) >= 11 is 0. The summed E-state index contributed by atoms with van der Waals surface area (Å²) in [5.41, 5.74) is 2.37. The number of aliphatic hydroxyl groups is 1. The van der Waals surface area contributed by atoms with Crippen LogP contribution in [0.5, 0.6) is 0 Å². The van der Waals surface area contributed by atoms with Crippen LogP contribution in [0.3, 0.4) is 0 Å². The maximum Gasteiger partial charge on any atom is 0.190 e. The zero-order chi connectivity index (χ0) is 14.1. The van der Waals surface area contributed by atoms with E-state index in [1.54, 1.807) is 30.3 Å². The van der Waals surface area contributed by atoms with Crippen molar-refractivity contribution in [2.24, 2.45) is 0 Å². The highest BCUT2D eigenvalue weighted by atomic mass is 19.1. The molecule has 1 heterocycles. The number of pyridine rings is 1. The van der Waals surface area contributed by atoms with Crippen molar-refractivity contribution in [1.82, 2.24) is 4.98 Å². The van der Waals surface area contributed by atoms with Gasteiger partial charge in [0, 0.05) is 28.2 Å². The first-order valence-corrected chi connectivity index (χ1v) is 6.20. The van der Waals surface area contributed by atoms with E-state index in [9.17, 15) is 9.18 Å². The third-order valence-corrected chi connectivity index (χ3v) is 3.21. The van der Waals surface area contributed by atoms with Crippen molar-refractivity contribution in [1.29, 1.82) is 0 Å². The molecule has 4 heteroatoms. The summed E-state index contributed by atoms with van der Waals surface area (Å²) in [6.07, 6.45) is 0. The van der Waals surface area contributed by atoms with Gasteiger partial charge < -0.3 is 10.1 Å². The Hall–Kier alpha value is -2.46. The van der Waals surface area contributed by atoms with Gasteiger partial charge in [0.1, 0.15) is 5.82 Å². The number of hydrogen-bond donors (Lipinski definition) is 2. The molecule has 100 valence electrons. The predicted octanol–water partition coefficient (Wildman–Crippen LogP) is 2.83. The van der Waals surface area contributed by atoms with E-state index in [1.807, 2.05) is 0 Å².